The number of hydrogen-bond donors (Lipinski definition) is 5. The summed E-state index contributed by atoms with van der Waals surface area (Å²) in [6.45, 7) is 8.03. The molecule has 13 nitrogen and oxygen atoms in total. The third-order valence-corrected chi connectivity index (χ3v) is 8.71. The van der Waals surface area contributed by atoms with Crippen LogP contribution in [0.25, 0.3) is 0 Å². The first kappa shape index (κ1) is 38.1. The number of carbonyl (C=O) groups excluding carboxylic acids is 4. The number of amides is 5. The van der Waals surface area contributed by atoms with Crippen molar-refractivity contribution < 1.29 is 38.1 Å². The molecule has 254 valence electrons. The maximum Gasteiger partial charge on any atom is 0.315 e. The summed E-state index contributed by atoms with van der Waals surface area (Å²) in [6.07, 6.45) is 6.85. The Balaban J connectivity index is 1.24. The van der Waals surface area contributed by atoms with Crippen LogP contribution in [0.4, 0.5) is 4.79 Å². The molecule has 0 aliphatic carbocycles. The van der Waals surface area contributed by atoms with Gasteiger partial charge in [0.05, 0.1) is 38.5 Å². The second-order valence-corrected chi connectivity index (χ2v) is 12.1. The van der Waals surface area contributed by atoms with E-state index in [1.54, 1.807) is 0 Å². The summed E-state index contributed by atoms with van der Waals surface area (Å²) >= 11 is 1.90. The molecule has 3 atom stereocenters. The minimum Gasteiger partial charge on any atom is -0.382 e. The van der Waals surface area contributed by atoms with Crippen LogP contribution in [0, 0.1) is 0 Å². The van der Waals surface area contributed by atoms with Gasteiger partial charge in [-0.2, -0.15) is 11.8 Å². The Bertz CT molecular complexity index is 824. The molecule has 0 bridgehead atoms. The number of rotatable bonds is 28. The molecule has 0 aromatic rings. The fraction of sp³-hybridized carbons (Fsp3) is 0.867. The van der Waals surface area contributed by atoms with Crippen LogP contribution in [0.15, 0.2) is 0 Å². The smallest absolute Gasteiger partial charge is 0.315 e. The molecule has 0 spiro atoms. The Morgan fingerprint density at radius 2 is 1.18 bits per heavy atom. The van der Waals surface area contributed by atoms with Crippen LogP contribution in [0.5, 0.6) is 0 Å². The van der Waals surface area contributed by atoms with Gasteiger partial charge in [-0.3, -0.25) is 14.4 Å². The van der Waals surface area contributed by atoms with Crippen LogP contribution < -0.4 is 26.6 Å². The Hall–Kier alpha value is -2.13. The molecule has 2 rings (SSSR count). The van der Waals surface area contributed by atoms with Gasteiger partial charge >= 0.3 is 6.03 Å². The van der Waals surface area contributed by atoms with Crippen LogP contribution in [0.3, 0.4) is 0 Å². The van der Waals surface area contributed by atoms with Gasteiger partial charge in [-0.25, -0.2) is 4.79 Å². The summed E-state index contributed by atoms with van der Waals surface area (Å²) in [6, 6.07) is 0.416. The Morgan fingerprint density at radius 3 is 1.73 bits per heavy atom. The van der Waals surface area contributed by atoms with Gasteiger partial charge in [-0.05, 0) is 45.4 Å². The molecule has 2 aliphatic rings. The van der Waals surface area contributed by atoms with E-state index in [0.717, 1.165) is 37.9 Å². The van der Waals surface area contributed by atoms with Crippen LogP contribution >= 0.6 is 11.8 Å². The Labute approximate surface area is 266 Å². The standard InChI is InChI=1S/C30H55N5O8S/c1-2-40-16-6-13-32-27(37)11-5-12-28(38)33-15-8-18-42-20-22-43-21-19-41-17-7-14-31-26(36)10-4-3-9-25-29-24(23-44-25)34-30(39)35-29/h24-25,29H,2-23H2,1H3,(H,31,36)(H,32,37)(H,33,38)(H2,34,35,39)/t24-,25-,29-/m0/s1. The zero-order valence-electron chi connectivity index (χ0n) is 26.5. The molecular weight excluding hydrogens is 590 g/mol. The first-order valence-corrected chi connectivity index (χ1v) is 17.3. The van der Waals surface area contributed by atoms with E-state index in [9.17, 15) is 19.2 Å². The summed E-state index contributed by atoms with van der Waals surface area (Å²) < 4.78 is 21.8. The van der Waals surface area contributed by atoms with E-state index < -0.39 is 0 Å². The predicted octanol–water partition coefficient (Wildman–Crippen LogP) is 1.49. The molecule has 0 aromatic carbocycles. The van der Waals surface area contributed by atoms with Crippen molar-refractivity contribution >= 4 is 35.5 Å². The molecule has 2 saturated heterocycles. The predicted molar refractivity (Wildman–Crippen MR) is 170 cm³/mol. The Morgan fingerprint density at radius 1 is 0.682 bits per heavy atom. The SMILES string of the molecule is CCOCCCNC(=O)CCCC(=O)NCCCOCCOCCOCCCNC(=O)CCCC[C@@H]1SC[C@@H]2NC(=O)N[C@@H]21. The lowest BCUT2D eigenvalue weighted by atomic mass is 10.0. The lowest BCUT2D eigenvalue weighted by Gasteiger charge is -2.16. The molecule has 5 amide bonds. The maximum absolute atomic E-state index is 12.0. The molecule has 2 fully saturated rings. The highest BCUT2D eigenvalue weighted by Crippen LogP contribution is 2.33. The highest BCUT2D eigenvalue weighted by Gasteiger charge is 2.42. The fourth-order valence-corrected chi connectivity index (χ4v) is 6.38. The molecule has 44 heavy (non-hydrogen) atoms. The molecule has 2 heterocycles. The molecular formula is C30H55N5O8S. The summed E-state index contributed by atoms with van der Waals surface area (Å²) in [7, 11) is 0. The normalized spacial score (nSPS) is 18.8. The topological polar surface area (TPSA) is 165 Å². The molecule has 14 heteroatoms. The average molecular weight is 646 g/mol. The van der Waals surface area contributed by atoms with Crippen molar-refractivity contribution in [3.05, 3.63) is 0 Å². The monoisotopic (exact) mass is 645 g/mol. The van der Waals surface area contributed by atoms with Crippen molar-refractivity contribution in [2.75, 3.05) is 78.2 Å². The molecule has 0 unspecified atom stereocenters. The summed E-state index contributed by atoms with van der Waals surface area (Å²) in [5, 5.41) is 15.0. The van der Waals surface area contributed by atoms with Crippen molar-refractivity contribution in [3.8, 4) is 0 Å². The van der Waals surface area contributed by atoms with E-state index in [4.69, 9.17) is 18.9 Å². The van der Waals surface area contributed by atoms with Gasteiger partial charge in [-0.1, -0.05) is 6.42 Å². The first-order chi connectivity index (χ1) is 21.5. The minimum atomic E-state index is -0.0591. The third kappa shape index (κ3) is 18.6. The number of urea groups is 1. The summed E-state index contributed by atoms with van der Waals surface area (Å²) in [4.78, 5) is 47.1. The zero-order chi connectivity index (χ0) is 31.7. The average Bonchev–Trinajstić information content (AvgIpc) is 3.56. The van der Waals surface area contributed by atoms with Crippen LogP contribution in [-0.4, -0.2) is 119 Å². The number of unbranched alkanes of at least 4 members (excludes halogenated alkanes) is 1. The van der Waals surface area contributed by atoms with Crippen LogP contribution in [0.1, 0.15) is 71.1 Å². The Kier molecular flexibility index (Phi) is 21.7. The van der Waals surface area contributed by atoms with Crippen LogP contribution in [-0.2, 0) is 33.3 Å². The van der Waals surface area contributed by atoms with E-state index in [1.165, 1.54) is 0 Å². The van der Waals surface area contributed by atoms with Gasteiger partial charge in [0.15, 0.2) is 0 Å². The van der Waals surface area contributed by atoms with Gasteiger partial charge in [0.25, 0.3) is 0 Å². The van der Waals surface area contributed by atoms with Crippen molar-refractivity contribution in [2.45, 2.75) is 88.5 Å². The van der Waals surface area contributed by atoms with E-state index in [2.05, 4.69) is 26.6 Å². The largest absolute Gasteiger partial charge is 0.382 e. The van der Waals surface area contributed by atoms with Gasteiger partial charge in [-0.15, -0.1) is 0 Å². The molecule has 0 saturated carbocycles. The number of fused-ring (bicyclic) bond motifs is 1. The van der Waals surface area contributed by atoms with Gasteiger partial charge in [0.1, 0.15) is 0 Å². The van der Waals surface area contributed by atoms with E-state index in [-0.39, 0.29) is 35.8 Å². The molecule has 0 aromatic heterocycles. The summed E-state index contributed by atoms with van der Waals surface area (Å²) in [5.41, 5.74) is 0. The quantitative estimate of drug-likeness (QED) is 0.0626. The number of thioether (sulfide) groups is 1. The van der Waals surface area contributed by atoms with Gasteiger partial charge < -0.3 is 45.5 Å². The second kappa shape index (κ2) is 25.1. The van der Waals surface area contributed by atoms with Gasteiger partial charge in [0, 0.05) is 76.3 Å². The highest BCUT2D eigenvalue weighted by atomic mass is 32.2. The lowest BCUT2D eigenvalue weighted by molar-refractivity contribution is -0.123. The lowest BCUT2D eigenvalue weighted by Crippen LogP contribution is -2.36. The molecule has 2 aliphatic heterocycles. The van der Waals surface area contributed by atoms with Crippen LogP contribution in [0.2, 0.25) is 0 Å². The zero-order valence-corrected chi connectivity index (χ0v) is 27.3. The fourth-order valence-electron chi connectivity index (χ4n) is 4.84. The second-order valence-electron chi connectivity index (χ2n) is 10.9. The highest BCUT2D eigenvalue weighted by molar-refractivity contribution is 8.00. The number of carbonyl (C=O) groups is 4. The van der Waals surface area contributed by atoms with Crippen molar-refractivity contribution in [3.63, 3.8) is 0 Å². The third-order valence-electron chi connectivity index (χ3n) is 7.20. The number of nitrogens with one attached hydrogen (secondary N) is 5. The maximum atomic E-state index is 12.0. The van der Waals surface area contributed by atoms with Crippen molar-refractivity contribution in [2.24, 2.45) is 0 Å². The van der Waals surface area contributed by atoms with E-state index in [0.29, 0.717) is 110 Å². The summed E-state index contributed by atoms with van der Waals surface area (Å²) in [5.74, 6) is 0.949. The number of hydrogen-bond acceptors (Lipinski definition) is 9. The first-order valence-electron chi connectivity index (χ1n) is 16.3. The van der Waals surface area contributed by atoms with E-state index in [1.807, 2.05) is 18.7 Å². The van der Waals surface area contributed by atoms with Gasteiger partial charge in [0.2, 0.25) is 17.7 Å². The molecule has 0 radical (unpaired) electrons. The number of ether oxygens (including phenoxy) is 4. The van der Waals surface area contributed by atoms with Crippen molar-refractivity contribution in [1.82, 2.24) is 26.6 Å². The minimum absolute atomic E-state index is 0.0339. The van der Waals surface area contributed by atoms with E-state index >= 15 is 0 Å². The van der Waals surface area contributed by atoms with Crippen molar-refractivity contribution in [1.29, 1.82) is 0 Å². The molecule has 5 N–H and O–H groups in total.